The fourth-order valence-electron chi connectivity index (χ4n) is 2.83. The van der Waals surface area contributed by atoms with Crippen LogP contribution in [0.3, 0.4) is 0 Å². The van der Waals surface area contributed by atoms with Gasteiger partial charge in [0.25, 0.3) is 5.56 Å². The second-order valence-corrected chi connectivity index (χ2v) is 10.8. The average Bonchev–Trinajstić information content (AvgIpc) is 3.12. The van der Waals surface area contributed by atoms with Crippen molar-refractivity contribution in [1.82, 2.24) is 14.5 Å². The van der Waals surface area contributed by atoms with Crippen LogP contribution in [0.15, 0.2) is 17.1 Å². The Morgan fingerprint density at radius 3 is 2.41 bits per heavy atom. The third-order valence-electron chi connectivity index (χ3n) is 4.03. The number of nitrogen functional groups attached to an aromatic ring is 1. The molecule has 0 aliphatic carbocycles. The SMILES string of the molecule is Nc1nc2c(ccn2C2O[C@@H](COP(=O)(O)OP(=O)(O)OP(=O)(O)O)[C@H](O)[C@@H]2O)c(=O)[nH]1. The topological polar surface area (TPSA) is 286 Å². The zero-order valence-electron chi connectivity index (χ0n) is 15.4. The van der Waals surface area contributed by atoms with Gasteiger partial charge in [-0.2, -0.15) is 13.6 Å². The van der Waals surface area contributed by atoms with Crippen LogP contribution in [0.4, 0.5) is 5.95 Å². The minimum atomic E-state index is -5.72. The highest BCUT2D eigenvalue weighted by atomic mass is 31.3. The number of phosphoric ester groups is 1. The summed E-state index contributed by atoms with van der Waals surface area (Å²) in [5, 5.41) is 20.5. The smallest absolute Gasteiger partial charge is 0.387 e. The molecule has 9 N–H and O–H groups in total. The van der Waals surface area contributed by atoms with E-state index in [1.165, 1.54) is 16.8 Å². The molecule has 3 unspecified atom stereocenters. The Balaban J connectivity index is 1.72. The molecule has 1 saturated heterocycles. The fourth-order valence-corrected chi connectivity index (χ4v) is 5.86. The van der Waals surface area contributed by atoms with Crippen molar-refractivity contribution in [3.05, 3.63) is 22.6 Å². The number of phosphoric acid groups is 3. The minimum absolute atomic E-state index is 0.00367. The number of aromatic amines is 1. The van der Waals surface area contributed by atoms with Gasteiger partial charge in [0.2, 0.25) is 5.95 Å². The highest BCUT2D eigenvalue weighted by Crippen LogP contribution is 2.66. The van der Waals surface area contributed by atoms with Gasteiger partial charge in [-0.05, 0) is 6.07 Å². The van der Waals surface area contributed by atoms with E-state index in [0.29, 0.717) is 0 Å². The molecule has 1 fully saturated rings. The Bertz CT molecular complexity index is 1210. The summed E-state index contributed by atoms with van der Waals surface area (Å²) in [5.41, 5.74) is 4.91. The minimum Gasteiger partial charge on any atom is -0.387 e. The lowest BCUT2D eigenvalue weighted by atomic mass is 10.1. The second kappa shape index (κ2) is 8.70. The molecule has 6 atom stereocenters. The number of aliphatic hydroxyl groups excluding tert-OH is 2. The highest BCUT2D eigenvalue weighted by molar-refractivity contribution is 7.66. The van der Waals surface area contributed by atoms with Crippen molar-refractivity contribution in [2.24, 2.45) is 0 Å². The lowest BCUT2D eigenvalue weighted by Gasteiger charge is -2.19. The first-order valence-electron chi connectivity index (χ1n) is 8.25. The molecule has 1 aliphatic heterocycles. The Kier molecular flexibility index (Phi) is 6.83. The summed E-state index contributed by atoms with van der Waals surface area (Å²) < 4.78 is 51.8. The van der Waals surface area contributed by atoms with Gasteiger partial charge in [0, 0.05) is 6.20 Å². The monoisotopic (exact) mass is 522 g/mol. The summed E-state index contributed by atoms with van der Waals surface area (Å²) in [6.07, 6.45) is -4.92. The normalized spacial score (nSPS) is 27.9. The van der Waals surface area contributed by atoms with Gasteiger partial charge >= 0.3 is 23.5 Å². The van der Waals surface area contributed by atoms with E-state index in [1.54, 1.807) is 0 Å². The fraction of sp³-hybridized carbons (Fsp3) is 0.455. The Labute approximate surface area is 176 Å². The van der Waals surface area contributed by atoms with E-state index in [1.807, 2.05) is 0 Å². The van der Waals surface area contributed by atoms with Gasteiger partial charge in [0.15, 0.2) is 11.9 Å². The van der Waals surface area contributed by atoms with E-state index >= 15 is 0 Å². The van der Waals surface area contributed by atoms with Crippen molar-refractivity contribution in [2.75, 3.05) is 12.3 Å². The van der Waals surface area contributed by atoms with Gasteiger partial charge in [-0.25, -0.2) is 13.7 Å². The van der Waals surface area contributed by atoms with Crippen LogP contribution in [0.5, 0.6) is 0 Å². The summed E-state index contributed by atoms with van der Waals surface area (Å²) in [7, 11) is -16.7. The molecule has 0 spiro atoms. The summed E-state index contributed by atoms with van der Waals surface area (Å²) >= 11 is 0. The molecule has 0 saturated carbocycles. The summed E-state index contributed by atoms with van der Waals surface area (Å²) in [6, 6.07) is 1.34. The molecule has 1 aliphatic rings. The van der Waals surface area contributed by atoms with E-state index in [9.17, 15) is 33.6 Å². The molecular weight excluding hydrogens is 505 g/mol. The van der Waals surface area contributed by atoms with Crippen LogP contribution in [0, 0.1) is 0 Å². The van der Waals surface area contributed by atoms with E-state index in [2.05, 4.69) is 23.1 Å². The van der Waals surface area contributed by atoms with E-state index in [4.69, 9.17) is 25.2 Å². The van der Waals surface area contributed by atoms with Gasteiger partial charge in [0.05, 0.1) is 12.0 Å². The number of aliphatic hydroxyl groups is 2. The summed E-state index contributed by atoms with van der Waals surface area (Å²) in [5.74, 6) is -0.236. The van der Waals surface area contributed by atoms with Gasteiger partial charge in [-0.1, -0.05) is 0 Å². The molecule has 3 rings (SSSR count). The largest absolute Gasteiger partial charge is 0.490 e. The number of H-pyrrole nitrogens is 1. The van der Waals surface area contributed by atoms with Crippen LogP contribution < -0.4 is 11.3 Å². The van der Waals surface area contributed by atoms with Gasteiger partial charge in [-0.15, -0.1) is 0 Å². The quantitative estimate of drug-likeness (QED) is 0.179. The van der Waals surface area contributed by atoms with E-state index in [-0.39, 0.29) is 17.0 Å². The predicted octanol–water partition coefficient (Wildman–Crippen LogP) is -1.73. The van der Waals surface area contributed by atoms with Crippen molar-refractivity contribution in [1.29, 1.82) is 0 Å². The number of aromatic nitrogens is 3. The third kappa shape index (κ3) is 5.70. The zero-order chi connectivity index (χ0) is 24.1. The molecule has 0 aromatic carbocycles. The summed E-state index contributed by atoms with van der Waals surface area (Å²) in [4.78, 5) is 53.7. The number of ether oxygens (including phenoxy) is 1. The number of nitrogens with zero attached hydrogens (tertiary/aromatic N) is 2. The third-order valence-corrected chi connectivity index (χ3v) is 7.83. The molecular formula is C11H17N4O14P3. The van der Waals surface area contributed by atoms with E-state index < -0.39 is 60.2 Å². The first-order valence-corrected chi connectivity index (χ1v) is 12.8. The number of hydrogen-bond acceptors (Lipinski definition) is 12. The maximum atomic E-state index is 11.9. The summed E-state index contributed by atoms with van der Waals surface area (Å²) in [6.45, 7) is -0.992. The first kappa shape index (κ1) is 25.1. The van der Waals surface area contributed by atoms with Crippen molar-refractivity contribution >= 4 is 40.4 Å². The average molecular weight is 522 g/mol. The molecule has 32 heavy (non-hydrogen) atoms. The first-order chi connectivity index (χ1) is 14.6. The second-order valence-electron chi connectivity index (χ2n) is 6.34. The number of rotatable bonds is 8. The lowest BCUT2D eigenvalue weighted by Crippen LogP contribution is -2.33. The number of nitrogens with one attached hydrogen (secondary N) is 1. The number of hydrogen-bond donors (Lipinski definition) is 8. The molecule has 0 amide bonds. The highest BCUT2D eigenvalue weighted by Gasteiger charge is 2.46. The van der Waals surface area contributed by atoms with Crippen molar-refractivity contribution in [3.8, 4) is 0 Å². The molecule has 0 bridgehead atoms. The molecule has 21 heteroatoms. The van der Waals surface area contributed by atoms with Gasteiger partial charge in [-0.3, -0.25) is 14.3 Å². The standard InChI is InChI=1S/C11H17N4O14P3/c12-11-13-8-4(9(18)14-11)1-2-15(8)10-7(17)6(16)5(27-10)3-26-31(22,23)29-32(24,25)28-30(19,20)21/h1-2,5-7,10,16-17H,3H2,(H,22,23)(H,24,25)(H2,19,20,21)(H3,12,13,14,18)/t5-,6-,7-,10?/m0/s1. The van der Waals surface area contributed by atoms with Crippen molar-refractivity contribution in [3.63, 3.8) is 0 Å². The maximum absolute atomic E-state index is 11.9. The van der Waals surface area contributed by atoms with Crippen LogP contribution in [0.2, 0.25) is 0 Å². The van der Waals surface area contributed by atoms with Crippen LogP contribution in [-0.2, 0) is 31.6 Å². The number of nitrogens with two attached hydrogens (primary N) is 1. The van der Waals surface area contributed by atoms with Crippen molar-refractivity contribution < 1.29 is 61.4 Å². The van der Waals surface area contributed by atoms with Crippen LogP contribution in [-0.4, -0.2) is 69.2 Å². The van der Waals surface area contributed by atoms with Gasteiger partial charge < -0.3 is 44.8 Å². The van der Waals surface area contributed by atoms with Crippen LogP contribution in [0.1, 0.15) is 6.23 Å². The molecule has 0 radical (unpaired) electrons. The van der Waals surface area contributed by atoms with Crippen LogP contribution in [0.25, 0.3) is 11.0 Å². The molecule has 3 heterocycles. The number of anilines is 1. The lowest BCUT2D eigenvalue weighted by molar-refractivity contribution is -0.0500. The van der Waals surface area contributed by atoms with Crippen LogP contribution >= 0.6 is 23.5 Å². The Morgan fingerprint density at radius 1 is 1.12 bits per heavy atom. The molecule has 2 aromatic heterocycles. The molecule has 2 aromatic rings. The Hall–Kier alpha value is -1.49. The number of fused-ring (bicyclic) bond motifs is 1. The van der Waals surface area contributed by atoms with E-state index in [0.717, 1.165) is 0 Å². The maximum Gasteiger partial charge on any atom is 0.490 e. The molecule has 180 valence electrons. The zero-order valence-corrected chi connectivity index (χ0v) is 18.1. The van der Waals surface area contributed by atoms with Crippen molar-refractivity contribution in [2.45, 2.75) is 24.5 Å². The molecule has 18 nitrogen and oxygen atoms in total. The predicted molar refractivity (Wildman–Crippen MR) is 101 cm³/mol. The Morgan fingerprint density at radius 2 is 1.78 bits per heavy atom. The van der Waals surface area contributed by atoms with Gasteiger partial charge in [0.1, 0.15) is 18.3 Å².